The van der Waals surface area contributed by atoms with Gasteiger partial charge in [-0.2, -0.15) is 5.48 Å². The van der Waals surface area contributed by atoms with Crippen molar-refractivity contribution in [3.8, 4) is 0 Å². The van der Waals surface area contributed by atoms with Gasteiger partial charge in [-0.3, -0.25) is 4.79 Å². The van der Waals surface area contributed by atoms with Gasteiger partial charge < -0.3 is 10.2 Å². The first-order chi connectivity index (χ1) is 7.13. The maximum Gasteiger partial charge on any atom is 0.431 e. The van der Waals surface area contributed by atoms with Crippen molar-refractivity contribution in [1.29, 1.82) is 0 Å². The summed E-state index contributed by atoms with van der Waals surface area (Å²) >= 11 is 0. The number of hydrogen-bond donors (Lipinski definition) is 2. The molecule has 0 aliphatic rings. The maximum atomic E-state index is 11.4. The lowest BCUT2D eigenvalue weighted by molar-refractivity contribution is 0.0578. The number of hydrogen-bond acceptors (Lipinski definition) is 3. The van der Waals surface area contributed by atoms with Gasteiger partial charge in [-0.05, 0) is 19.1 Å². The highest BCUT2D eigenvalue weighted by Gasteiger charge is 2.06. The molecule has 0 aliphatic carbocycles. The number of carbonyl (C=O) groups is 2. The minimum atomic E-state index is -0.713. The summed E-state index contributed by atoms with van der Waals surface area (Å²) in [5.41, 5.74) is 3.51. The van der Waals surface area contributed by atoms with Gasteiger partial charge in [-0.1, -0.05) is 17.7 Å². The molecule has 0 heterocycles. The van der Waals surface area contributed by atoms with Crippen LogP contribution in [0.3, 0.4) is 0 Å². The summed E-state index contributed by atoms with van der Waals surface area (Å²) < 4.78 is 0. The first kappa shape index (κ1) is 11.0. The minimum absolute atomic E-state index is 0.435. The van der Waals surface area contributed by atoms with Crippen LogP contribution in [0, 0.1) is 6.92 Å². The van der Waals surface area contributed by atoms with Gasteiger partial charge >= 0.3 is 6.09 Å². The van der Waals surface area contributed by atoms with E-state index in [-0.39, 0.29) is 0 Å². The van der Waals surface area contributed by atoms with Crippen LogP contribution in [-0.2, 0) is 4.84 Å². The van der Waals surface area contributed by atoms with Crippen molar-refractivity contribution < 1.29 is 14.4 Å². The van der Waals surface area contributed by atoms with Crippen LogP contribution in [0.5, 0.6) is 0 Å². The Morgan fingerprint density at radius 2 is 1.80 bits per heavy atom. The van der Waals surface area contributed by atoms with E-state index in [0.717, 1.165) is 5.56 Å². The fourth-order valence-corrected chi connectivity index (χ4v) is 0.908. The van der Waals surface area contributed by atoms with Crippen LogP contribution < -0.4 is 10.8 Å². The second kappa shape index (κ2) is 4.99. The molecule has 1 rings (SSSR count). The van der Waals surface area contributed by atoms with E-state index in [9.17, 15) is 9.59 Å². The van der Waals surface area contributed by atoms with E-state index in [1.807, 2.05) is 12.4 Å². The molecule has 1 aromatic carbocycles. The van der Waals surface area contributed by atoms with Crippen LogP contribution in [0.2, 0.25) is 0 Å². The third kappa shape index (κ3) is 3.30. The highest BCUT2D eigenvalue weighted by Crippen LogP contribution is 2.02. The van der Waals surface area contributed by atoms with Crippen molar-refractivity contribution in [2.75, 3.05) is 7.05 Å². The molecular formula is C10H12N2O3. The normalized spacial score (nSPS) is 9.20. The van der Waals surface area contributed by atoms with Gasteiger partial charge in [-0.15, -0.1) is 0 Å². The third-order valence-electron chi connectivity index (χ3n) is 1.75. The van der Waals surface area contributed by atoms with Crippen molar-refractivity contribution in [2.45, 2.75) is 6.92 Å². The molecule has 0 atom stereocenters. The Bertz CT molecular complexity index is 359. The first-order valence-corrected chi connectivity index (χ1v) is 4.39. The molecular weight excluding hydrogens is 196 g/mol. The van der Waals surface area contributed by atoms with E-state index in [1.165, 1.54) is 7.05 Å². The second-order valence-electron chi connectivity index (χ2n) is 2.94. The zero-order chi connectivity index (χ0) is 11.3. The van der Waals surface area contributed by atoms with Crippen molar-refractivity contribution in [2.24, 2.45) is 0 Å². The average Bonchev–Trinajstić information content (AvgIpc) is 2.26. The summed E-state index contributed by atoms with van der Waals surface area (Å²) in [6, 6.07) is 6.90. The third-order valence-corrected chi connectivity index (χ3v) is 1.75. The molecule has 0 saturated heterocycles. The average molecular weight is 208 g/mol. The molecule has 0 fully saturated rings. The summed E-state index contributed by atoms with van der Waals surface area (Å²) in [4.78, 5) is 26.4. The van der Waals surface area contributed by atoms with Crippen molar-refractivity contribution in [3.63, 3.8) is 0 Å². The number of nitrogens with one attached hydrogen (secondary N) is 2. The second-order valence-corrected chi connectivity index (χ2v) is 2.94. The molecule has 15 heavy (non-hydrogen) atoms. The van der Waals surface area contributed by atoms with E-state index in [2.05, 4.69) is 10.2 Å². The molecule has 0 aliphatic heterocycles. The van der Waals surface area contributed by atoms with Crippen molar-refractivity contribution in [1.82, 2.24) is 10.8 Å². The molecule has 0 radical (unpaired) electrons. The monoisotopic (exact) mass is 208 g/mol. The molecule has 1 aromatic rings. The van der Waals surface area contributed by atoms with Gasteiger partial charge in [0.2, 0.25) is 0 Å². The Balaban J connectivity index is 2.54. The van der Waals surface area contributed by atoms with Crippen LogP contribution in [0.25, 0.3) is 0 Å². The fourth-order valence-electron chi connectivity index (χ4n) is 0.908. The topological polar surface area (TPSA) is 67.4 Å². The Hall–Kier alpha value is -2.04. The number of rotatable bonds is 1. The molecule has 0 aromatic heterocycles. The maximum absolute atomic E-state index is 11.4. The minimum Gasteiger partial charge on any atom is -0.323 e. The lowest BCUT2D eigenvalue weighted by Crippen LogP contribution is -2.31. The molecule has 0 unspecified atom stereocenters. The lowest BCUT2D eigenvalue weighted by Gasteiger charge is -2.04. The molecule has 80 valence electrons. The van der Waals surface area contributed by atoms with Crippen molar-refractivity contribution in [3.05, 3.63) is 35.4 Å². The van der Waals surface area contributed by atoms with E-state index in [4.69, 9.17) is 0 Å². The van der Waals surface area contributed by atoms with E-state index >= 15 is 0 Å². The number of hydroxylamine groups is 1. The highest BCUT2D eigenvalue weighted by molar-refractivity contribution is 5.94. The molecule has 0 saturated carbocycles. The lowest BCUT2D eigenvalue weighted by atomic mass is 10.1. The molecule has 0 bridgehead atoms. The van der Waals surface area contributed by atoms with Gasteiger partial charge in [0.1, 0.15) is 0 Å². The van der Waals surface area contributed by atoms with E-state index in [1.54, 1.807) is 24.3 Å². The summed E-state index contributed by atoms with van der Waals surface area (Å²) in [6.45, 7) is 1.92. The predicted molar refractivity (Wildman–Crippen MR) is 54.2 cm³/mol. The SMILES string of the molecule is CNC(=O)ONC(=O)c1ccc(C)cc1. The number of aryl methyl sites for hydroxylation is 1. The zero-order valence-corrected chi connectivity index (χ0v) is 8.53. The van der Waals surface area contributed by atoms with Crippen LogP contribution >= 0.6 is 0 Å². The van der Waals surface area contributed by atoms with Crippen LogP contribution in [-0.4, -0.2) is 19.0 Å². The smallest absolute Gasteiger partial charge is 0.323 e. The van der Waals surface area contributed by atoms with Gasteiger partial charge in [0.05, 0.1) is 0 Å². The summed E-state index contributed by atoms with van der Waals surface area (Å²) in [5.74, 6) is -0.460. The van der Waals surface area contributed by atoms with Gasteiger partial charge in [0, 0.05) is 12.6 Å². The Labute approximate surface area is 87.4 Å². The number of benzene rings is 1. The summed E-state index contributed by atoms with van der Waals surface area (Å²) in [7, 11) is 1.40. The predicted octanol–water partition coefficient (Wildman–Crippen LogP) is 0.996. The molecule has 5 heteroatoms. The Morgan fingerprint density at radius 1 is 1.20 bits per heavy atom. The number of carbonyl (C=O) groups excluding carboxylic acids is 2. The standard InChI is InChI=1S/C10H12N2O3/c1-7-3-5-8(6-4-7)9(13)12-15-10(14)11-2/h3-6H,1-2H3,(H,11,14)(H,12,13). The summed E-state index contributed by atoms with van der Waals surface area (Å²) in [5, 5.41) is 2.21. The molecule has 5 nitrogen and oxygen atoms in total. The summed E-state index contributed by atoms with van der Waals surface area (Å²) in [6.07, 6.45) is -0.713. The fraction of sp³-hybridized carbons (Fsp3) is 0.200. The Kier molecular flexibility index (Phi) is 3.68. The van der Waals surface area contributed by atoms with Crippen LogP contribution in [0.4, 0.5) is 4.79 Å². The van der Waals surface area contributed by atoms with Crippen molar-refractivity contribution >= 4 is 12.0 Å². The van der Waals surface area contributed by atoms with Crippen LogP contribution in [0.1, 0.15) is 15.9 Å². The van der Waals surface area contributed by atoms with E-state index < -0.39 is 12.0 Å². The van der Waals surface area contributed by atoms with E-state index in [0.29, 0.717) is 5.56 Å². The van der Waals surface area contributed by atoms with Gasteiger partial charge in [-0.25, -0.2) is 4.79 Å². The van der Waals surface area contributed by atoms with Crippen LogP contribution in [0.15, 0.2) is 24.3 Å². The molecule has 2 amide bonds. The van der Waals surface area contributed by atoms with Gasteiger partial charge in [0.15, 0.2) is 0 Å². The number of amides is 2. The quantitative estimate of drug-likeness (QED) is 0.676. The highest BCUT2D eigenvalue weighted by atomic mass is 16.7. The molecule has 2 N–H and O–H groups in total. The first-order valence-electron chi connectivity index (χ1n) is 4.39. The Morgan fingerprint density at radius 3 is 2.33 bits per heavy atom. The van der Waals surface area contributed by atoms with Gasteiger partial charge in [0.25, 0.3) is 5.91 Å². The largest absolute Gasteiger partial charge is 0.431 e. The zero-order valence-electron chi connectivity index (χ0n) is 8.53. The molecule has 0 spiro atoms.